The van der Waals surface area contributed by atoms with Crippen molar-refractivity contribution in [3.63, 3.8) is 0 Å². The van der Waals surface area contributed by atoms with Gasteiger partial charge in [-0.3, -0.25) is 14.4 Å². The number of anilines is 6. The fourth-order valence-electron chi connectivity index (χ4n) is 20.5. The van der Waals surface area contributed by atoms with Crippen LogP contribution < -0.4 is 43.6 Å². The number of likely N-dealkylation sites (N-methyl/N-ethyl adjacent to an activating group) is 3. The molecule has 31 heteroatoms. The minimum Gasteiger partial charge on any atom is -0.462 e. The third-order valence-electron chi connectivity index (χ3n) is 27.6. The molecule has 30 nitrogen and oxygen atoms in total. The van der Waals surface area contributed by atoms with Crippen LogP contribution in [-0.4, -0.2) is 266 Å². The van der Waals surface area contributed by atoms with Crippen LogP contribution in [0, 0.1) is 70.5 Å². The second-order valence-corrected chi connectivity index (χ2v) is 36.2. The van der Waals surface area contributed by atoms with Gasteiger partial charge in [0.2, 0.25) is 17.7 Å². The number of piperazine rings is 3. The highest BCUT2D eigenvalue weighted by Gasteiger charge is 2.40. The Kier molecular flexibility index (Phi) is 30.4. The lowest BCUT2D eigenvalue weighted by atomic mass is 9.99. The predicted octanol–water partition coefficient (Wildman–Crippen LogP) is 12.4. The minimum atomic E-state index is -0.314. The molecule has 688 valence electrons. The van der Waals surface area contributed by atoms with Crippen molar-refractivity contribution in [3.8, 4) is 48.4 Å². The maximum Gasteiger partial charge on any atom is 0.318 e. The van der Waals surface area contributed by atoms with Gasteiger partial charge in [0, 0.05) is 184 Å². The molecule has 0 saturated carbocycles. The Balaban J connectivity index is 0.000000145. The van der Waals surface area contributed by atoms with Crippen LogP contribution in [0.3, 0.4) is 0 Å². The van der Waals surface area contributed by atoms with E-state index >= 15 is 0 Å². The van der Waals surface area contributed by atoms with Crippen LogP contribution in [0.1, 0.15) is 103 Å². The molecule has 0 N–H and O–H groups in total. The van der Waals surface area contributed by atoms with Crippen molar-refractivity contribution in [1.29, 1.82) is 26.3 Å². The number of likely N-dealkylation sites (tertiary alicyclic amines) is 3. The van der Waals surface area contributed by atoms with E-state index in [1.807, 2.05) is 24.3 Å². The smallest absolute Gasteiger partial charge is 0.318 e. The van der Waals surface area contributed by atoms with E-state index in [-0.39, 0.29) is 55.1 Å². The highest BCUT2D eigenvalue weighted by atomic mass is 35.5. The summed E-state index contributed by atoms with van der Waals surface area (Å²) in [5.41, 5.74) is 12.1. The van der Waals surface area contributed by atoms with Crippen molar-refractivity contribution in [1.82, 2.24) is 59.3 Å². The molecule has 18 rings (SSSR count). The van der Waals surface area contributed by atoms with Crippen LogP contribution in [0.4, 0.5) is 34.5 Å². The van der Waals surface area contributed by atoms with Gasteiger partial charge in [0.1, 0.15) is 37.3 Å². The molecule has 6 atom stereocenters. The van der Waals surface area contributed by atoms with Crippen LogP contribution >= 0.6 is 11.6 Å². The van der Waals surface area contributed by atoms with Crippen molar-refractivity contribution in [2.75, 3.05) is 182 Å². The van der Waals surface area contributed by atoms with Crippen molar-refractivity contribution >= 4 is 96.2 Å². The molecular formula is C102H116ClN23O7. The Hall–Kier alpha value is -13.3. The van der Waals surface area contributed by atoms with Gasteiger partial charge in [0.25, 0.3) is 0 Å². The van der Waals surface area contributed by atoms with E-state index in [0.717, 1.165) is 170 Å². The van der Waals surface area contributed by atoms with Gasteiger partial charge in [-0.1, -0.05) is 103 Å². The number of nitriles is 5. The first kappa shape index (κ1) is 93.0. The summed E-state index contributed by atoms with van der Waals surface area (Å²) in [4.78, 5) is 94.4. The number of rotatable bonds is 23. The van der Waals surface area contributed by atoms with Crippen LogP contribution in [0.15, 0.2) is 146 Å². The monoisotopic (exact) mass is 1810 g/mol. The molecular weight excluding hydrogens is 1690 g/mol. The van der Waals surface area contributed by atoms with Gasteiger partial charge in [0.05, 0.1) is 116 Å². The largest absolute Gasteiger partial charge is 0.462 e. The zero-order valence-electron chi connectivity index (χ0n) is 76.9. The highest BCUT2D eigenvalue weighted by Crippen LogP contribution is 2.42. The number of benzene rings is 6. The first-order valence-electron chi connectivity index (χ1n) is 46.5. The topological polar surface area (TPSA) is 323 Å². The molecule has 0 unspecified atom stereocenters. The number of carbonyl (C=O) groups excluding carboxylic acids is 3. The van der Waals surface area contributed by atoms with Gasteiger partial charge in [-0.25, -0.2) is 0 Å². The van der Waals surface area contributed by atoms with E-state index in [4.69, 9.17) is 71.0 Å². The molecule has 0 bridgehead atoms. The third kappa shape index (κ3) is 21.3. The Labute approximate surface area is 783 Å². The number of nitrogens with zero attached hydrogens (tertiary/aromatic N) is 23. The second kappa shape index (κ2) is 43.4. The van der Waals surface area contributed by atoms with Gasteiger partial charge in [-0.2, -0.15) is 56.2 Å². The van der Waals surface area contributed by atoms with Gasteiger partial charge in [0.15, 0.2) is 0 Å². The summed E-state index contributed by atoms with van der Waals surface area (Å²) in [5, 5.41) is 54.5. The van der Waals surface area contributed by atoms with Crippen molar-refractivity contribution in [2.45, 2.75) is 147 Å². The fraction of sp³-hybridized carbons (Fsp3) is 0.451. The zero-order valence-corrected chi connectivity index (χ0v) is 77.6. The molecule has 12 heterocycles. The number of aromatic nitrogens is 6. The van der Waals surface area contributed by atoms with E-state index in [1.54, 1.807) is 27.9 Å². The molecule has 6 saturated heterocycles. The summed E-state index contributed by atoms with van der Waals surface area (Å²) in [5.74, 6) is 1.91. The van der Waals surface area contributed by atoms with Gasteiger partial charge < -0.3 is 77.7 Å². The Bertz CT molecular complexity index is 5820. The number of allylic oxidation sites excluding steroid dienone is 2. The van der Waals surface area contributed by atoms with Crippen molar-refractivity contribution in [2.24, 2.45) is 0 Å². The van der Waals surface area contributed by atoms with E-state index < -0.39 is 0 Å². The minimum absolute atomic E-state index is 0.106. The summed E-state index contributed by atoms with van der Waals surface area (Å²) >= 11 is 6.71. The number of halogens is 1. The molecule has 0 spiro atoms. The summed E-state index contributed by atoms with van der Waals surface area (Å²) in [7, 11) is 7.99. The number of amides is 3. The lowest BCUT2D eigenvalue weighted by molar-refractivity contribution is -0.129. The SMILES string of the molecule is COC/C=C/C(=O)N1CCN(c2nc(OC[C@@H]3CCCN3C)nc3c2CCN(c2cccc4cccc(Cl)c24)C3)C[C@@H]1CC#N.Cc1cccc2cccc(N3CCc4c(nc(OC[C@@H]5CCCN5C)nc4N4CCN(C(=O)/C=C/C#N)[C@@H](CC#N)C4)C3)c12.Cc1cccc2cccc(N3CCc4c(nc(OC[C@@H]5CCCN5C)nc4N4CCN(C(=O)/C=C\C#N)[C@@H](CC#N)C4)C3)c12. The lowest BCUT2D eigenvalue weighted by Crippen LogP contribution is -2.55. The summed E-state index contributed by atoms with van der Waals surface area (Å²) in [6.07, 6.45) is 17.9. The van der Waals surface area contributed by atoms with Crippen LogP contribution in [0.25, 0.3) is 32.3 Å². The molecule has 0 radical (unpaired) electrons. The van der Waals surface area contributed by atoms with Crippen LogP contribution in [0.2, 0.25) is 5.02 Å². The van der Waals surface area contributed by atoms with E-state index in [1.165, 1.54) is 74.4 Å². The molecule has 0 aliphatic carbocycles. The summed E-state index contributed by atoms with van der Waals surface area (Å²) in [6.45, 7) is 18.3. The fourth-order valence-corrected chi connectivity index (χ4v) is 20.8. The van der Waals surface area contributed by atoms with E-state index in [0.29, 0.717) is 141 Å². The number of fused-ring (bicyclic) bond motifs is 6. The van der Waals surface area contributed by atoms with Crippen LogP contribution in [0.5, 0.6) is 18.0 Å². The van der Waals surface area contributed by atoms with Gasteiger partial charge in [-0.15, -0.1) is 0 Å². The maximum atomic E-state index is 13.0. The lowest BCUT2D eigenvalue weighted by Gasteiger charge is -2.42. The third-order valence-corrected chi connectivity index (χ3v) is 27.9. The predicted molar refractivity (Wildman–Crippen MR) is 514 cm³/mol. The molecule has 6 fully saturated rings. The highest BCUT2D eigenvalue weighted by molar-refractivity contribution is 6.36. The zero-order chi connectivity index (χ0) is 92.6. The number of hydrogen-bond acceptors (Lipinski definition) is 27. The maximum absolute atomic E-state index is 13.0. The molecule has 6 aromatic carbocycles. The van der Waals surface area contributed by atoms with Gasteiger partial charge in [-0.05, 0) is 164 Å². The molecule has 9 aliphatic rings. The molecule has 3 amide bonds. The number of hydrogen-bond donors (Lipinski definition) is 0. The quantitative estimate of drug-likeness (QED) is 0.0424. The average Bonchev–Trinajstić information content (AvgIpc) is 1.74. The van der Waals surface area contributed by atoms with Crippen LogP contribution in [-0.2, 0) is 58.0 Å². The molecule has 3 aromatic heterocycles. The van der Waals surface area contributed by atoms with Crippen molar-refractivity contribution < 1.29 is 33.3 Å². The molecule has 9 aromatic rings. The Morgan fingerprint density at radius 2 is 0.737 bits per heavy atom. The first-order valence-corrected chi connectivity index (χ1v) is 46.9. The van der Waals surface area contributed by atoms with E-state index in [9.17, 15) is 30.2 Å². The normalized spacial score (nSPS) is 20.5. The number of aryl methyl sites for hydroxylation is 2. The number of ether oxygens (including phenoxy) is 4. The number of methoxy groups -OCH3 is 1. The molecule has 133 heavy (non-hydrogen) atoms. The second-order valence-electron chi connectivity index (χ2n) is 35.8. The van der Waals surface area contributed by atoms with Gasteiger partial charge >= 0.3 is 18.0 Å². The van der Waals surface area contributed by atoms with Crippen molar-refractivity contribution in [3.05, 3.63) is 196 Å². The first-order chi connectivity index (χ1) is 64.9. The molecule has 9 aliphatic heterocycles. The summed E-state index contributed by atoms with van der Waals surface area (Å²) < 4.78 is 24.0. The standard InChI is InChI=1S/C34H40ClN7O3.2C34H38N8O2/c1-39-16-5-9-26(39)23-45-34-37-29-22-40(30-11-4-8-24-7-3-10-28(35)32(24)30)17-14-27(29)33(38-34)41-18-19-42(25(21-41)13-15-36)31(43)12-6-20-44-2;2*1-24-7-3-8-25-9-4-11-30(32(24)25)40-18-14-28-29(22-40)37-34(44-23-27-10-6-17-39(27)2)38-33(28)41-19-20-42(26(21-41)13-16-36)31(43)12-5-15-35/h3-4,6-8,10-12,25-26H,5,9,13-14,16-23H2,1-2H3;2*3-5,7-9,11-12,26-27H,6,10,13-14,17-23H2,1-2H3/b12-6+;12-5+;12-5-/t25-,26-;2*26-,27-/m000/s1. The average molecular weight is 1810 g/mol. The number of carbonyl (C=O) groups is 3. The summed E-state index contributed by atoms with van der Waals surface area (Å²) in [6, 6.07) is 49.9. The van der Waals surface area contributed by atoms with E-state index in [2.05, 4.69) is 194 Å². The Morgan fingerprint density at radius 3 is 1.07 bits per heavy atom. The Morgan fingerprint density at radius 1 is 0.406 bits per heavy atom.